The molecule has 0 aliphatic heterocycles. The van der Waals surface area contributed by atoms with Gasteiger partial charge in [0.1, 0.15) is 11.5 Å². The molecule has 0 spiro atoms. The van der Waals surface area contributed by atoms with Gasteiger partial charge < -0.3 is 14.5 Å². The first-order chi connectivity index (χ1) is 15.1. The third-order valence-corrected chi connectivity index (χ3v) is 5.54. The summed E-state index contributed by atoms with van der Waals surface area (Å²) in [6, 6.07) is 19.1. The van der Waals surface area contributed by atoms with Crippen molar-refractivity contribution in [3.8, 4) is 17.1 Å². The highest BCUT2D eigenvalue weighted by Gasteiger charge is 2.17. The summed E-state index contributed by atoms with van der Waals surface area (Å²) >= 11 is 1.33. The Morgan fingerprint density at radius 3 is 2.77 bits per heavy atom. The molecule has 0 saturated heterocycles. The molecule has 0 radical (unpaired) electrons. The lowest BCUT2D eigenvalue weighted by Crippen LogP contribution is -2.14. The molecular formula is C23H22N4O3S. The van der Waals surface area contributed by atoms with Crippen molar-refractivity contribution >= 4 is 23.4 Å². The Hall–Kier alpha value is -3.52. The summed E-state index contributed by atoms with van der Waals surface area (Å²) in [5.74, 6) is 2.27. The van der Waals surface area contributed by atoms with E-state index in [2.05, 4.69) is 21.6 Å². The number of anilines is 1. The number of ether oxygens (including phenoxy) is 1. The standard InChI is InChI=1S/C23H22N4O3S/c1-16-6-3-7-17(12-16)22-25-26-23(27(22)14-20-10-5-11-30-20)31-15-21(28)24-18-8-4-9-19(13-18)29-2/h3-13H,14-15H2,1-2H3,(H,24,28). The molecule has 0 atom stereocenters. The zero-order valence-electron chi connectivity index (χ0n) is 17.2. The highest BCUT2D eigenvalue weighted by atomic mass is 32.2. The normalized spacial score (nSPS) is 10.8. The molecule has 2 heterocycles. The fourth-order valence-corrected chi connectivity index (χ4v) is 3.86. The second-order valence-corrected chi connectivity index (χ2v) is 7.85. The molecule has 8 heteroatoms. The van der Waals surface area contributed by atoms with Gasteiger partial charge in [0.2, 0.25) is 5.91 Å². The van der Waals surface area contributed by atoms with Crippen molar-refractivity contribution in [2.75, 3.05) is 18.2 Å². The molecule has 1 N–H and O–H groups in total. The number of rotatable bonds is 8. The van der Waals surface area contributed by atoms with Crippen LogP contribution in [0.3, 0.4) is 0 Å². The number of nitrogens with one attached hydrogen (secondary N) is 1. The number of furan rings is 1. The second-order valence-electron chi connectivity index (χ2n) is 6.91. The van der Waals surface area contributed by atoms with Gasteiger partial charge in [0.15, 0.2) is 11.0 Å². The van der Waals surface area contributed by atoms with Crippen LogP contribution >= 0.6 is 11.8 Å². The molecule has 31 heavy (non-hydrogen) atoms. The first-order valence-electron chi connectivity index (χ1n) is 9.71. The molecule has 0 saturated carbocycles. The minimum atomic E-state index is -0.136. The quantitative estimate of drug-likeness (QED) is 0.407. The van der Waals surface area contributed by atoms with E-state index in [1.807, 2.05) is 60.0 Å². The lowest BCUT2D eigenvalue weighted by atomic mass is 10.1. The van der Waals surface area contributed by atoms with E-state index in [1.54, 1.807) is 19.4 Å². The van der Waals surface area contributed by atoms with Crippen molar-refractivity contribution < 1.29 is 13.9 Å². The van der Waals surface area contributed by atoms with Crippen molar-refractivity contribution in [3.63, 3.8) is 0 Å². The van der Waals surface area contributed by atoms with Gasteiger partial charge in [-0.2, -0.15) is 0 Å². The summed E-state index contributed by atoms with van der Waals surface area (Å²) < 4.78 is 12.7. The Kier molecular flexibility index (Phi) is 6.37. The van der Waals surface area contributed by atoms with E-state index in [9.17, 15) is 4.79 Å². The van der Waals surface area contributed by atoms with Crippen LogP contribution in [0.4, 0.5) is 5.69 Å². The number of aryl methyl sites for hydroxylation is 1. The zero-order valence-corrected chi connectivity index (χ0v) is 18.1. The molecular weight excluding hydrogens is 412 g/mol. The number of carbonyl (C=O) groups is 1. The van der Waals surface area contributed by atoms with Crippen LogP contribution in [-0.2, 0) is 11.3 Å². The van der Waals surface area contributed by atoms with Crippen LogP contribution in [0.2, 0.25) is 0 Å². The molecule has 7 nitrogen and oxygen atoms in total. The van der Waals surface area contributed by atoms with Gasteiger partial charge in [-0.1, -0.05) is 41.6 Å². The predicted molar refractivity (Wildman–Crippen MR) is 120 cm³/mol. The summed E-state index contributed by atoms with van der Waals surface area (Å²) in [5, 5.41) is 12.3. The maximum atomic E-state index is 12.5. The van der Waals surface area contributed by atoms with Gasteiger partial charge in [-0.25, -0.2) is 0 Å². The van der Waals surface area contributed by atoms with Gasteiger partial charge in [0.25, 0.3) is 0 Å². The van der Waals surface area contributed by atoms with E-state index in [-0.39, 0.29) is 11.7 Å². The summed E-state index contributed by atoms with van der Waals surface area (Å²) in [4.78, 5) is 12.5. The summed E-state index contributed by atoms with van der Waals surface area (Å²) in [6.45, 7) is 2.51. The number of carbonyl (C=O) groups excluding carboxylic acids is 1. The summed E-state index contributed by atoms with van der Waals surface area (Å²) in [7, 11) is 1.59. The number of thioether (sulfide) groups is 1. The average Bonchev–Trinajstić information content (AvgIpc) is 3.43. The Morgan fingerprint density at radius 2 is 2.00 bits per heavy atom. The number of amides is 1. The van der Waals surface area contributed by atoms with E-state index in [0.717, 1.165) is 22.7 Å². The molecule has 0 aliphatic carbocycles. The van der Waals surface area contributed by atoms with E-state index in [0.29, 0.717) is 23.1 Å². The molecule has 0 unspecified atom stereocenters. The maximum absolute atomic E-state index is 12.5. The van der Waals surface area contributed by atoms with Crippen LogP contribution in [0.5, 0.6) is 5.75 Å². The van der Waals surface area contributed by atoms with Crippen LogP contribution in [0.15, 0.2) is 76.5 Å². The third kappa shape index (κ3) is 5.16. The van der Waals surface area contributed by atoms with Gasteiger partial charge in [-0.05, 0) is 37.3 Å². The average molecular weight is 435 g/mol. The van der Waals surface area contributed by atoms with Gasteiger partial charge in [0, 0.05) is 17.3 Å². The van der Waals surface area contributed by atoms with Crippen LogP contribution in [0.25, 0.3) is 11.4 Å². The smallest absolute Gasteiger partial charge is 0.234 e. The van der Waals surface area contributed by atoms with E-state index >= 15 is 0 Å². The van der Waals surface area contributed by atoms with Crippen LogP contribution < -0.4 is 10.1 Å². The molecule has 4 aromatic rings. The number of nitrogens with zero attached hydrogens (tertiary/aromatic N) is 3. The van der Waals surface area contributed by atoms with Crippen molar-refractivity contribution in [3.05, 3.63) is 78.3 Å². The number of hydrogen-bond donors (Lipinski definition) is 1. The second kappa shape index (κ2) is 9.53. The number of hydrogen-bond acceptors (Lipinski definition) is 6. The monoisotopic (exact) mass is 434 g/mol. The zero-order chi connectivity index (χ0) is 21.6. The lowest BCUT2D eigenvalue weighted by Gasteiger charge is -2.10. The Labute approximate surface area is 184 Å². The molecule has 1 amide bonds. The highest BCUT2D eigenvalue weighted by molar-refractivity contribution is 7.99. The summed E-state index contributed by atoms with van der Waals surface area (Å²) in [5.41, 5.74) is 2.78. The van der Waals surface area contributed by atoms with Gasteiger partial charge >= 0.3 is 0 Å². The van der Waals surface area contributed by atoms with Crippen LogP contribution in [0.1, 0.15) is 11.3 Å². The number of methoxy groups -OCH3 is 1. The topological polar surface area (TPSA) is 82.2 Å². The van der Waals surface area contributed by atoms with E-state index < -0.39 is 0 Å². The molecule has 0 aliphatic rings. The largest absolute Gasteiger partial charge is 0.497 e. The predicted octanol–water partition coefficient (Wildman–Crippen LogP) is 4.63. The molecule has 158 valence electrons. The van der Waals surface area contributed by atoms with Crippen molar-refractivity contribution in [2.45, 2.75) is 18.6 Å². The number of aromatic nitrogens is 3. The van der Waals surface area contributed by atoms with E-state index in [1.165, 1.54) is 11.8 Å². The highest BCUT2D eigenvalue weighted by Crippen LogP contribution is 2.26. The third-order valence-electron chi connectivity index (χ3n) is 4.57. The molecule has 0 fully saturated rings. The van der Waals surface area contributed by atoms with Crippen LogP contribution in [0, 0.1) is 6.92 Å². The molecule has 2 aromatic heterocycles. The van der Waals surface area contributed by atoms with Crippen LogP contribution in [-0.4, -0.2) is 33.5 Å². The molecule has 2 aromatic carbocycles. The van der Waals surface area contributed by atoms with E-state index in [4.69, 9.17) is 9.15 Å². The van der Waals surface area contributed by atoms with Gasteiger partial charge in [-0.15, -0.1) is 10.2 Å². The lowest BCUT2D eigenvalue weighted by molar-refractivity contribution is -0.113. The van der Waals surface area contributed by atoms with Gasteiger partial charge in [0.05, 0.1) is 25.7 Å². The molecule has 0 bridgehead atoms. The fourth-order valence-electron chi connectivity index (χ4n) is 3.12. The summed E-state index contributed by atoms with van der Waals surface area (Å²) in [6.07, 6.45) is 1.64. The number of benzene rings is 2. The van der Waals surface area contributed by atoms with Gasteiger partial charge in [-0.3, -0.25) is 9.36 Å². The maximum Gasteiger partial charge on any atom is 0.234 e. The van der Waals surface area contributed by atoms with Crippen molar-refractivity contribution in [2.24, 2.45) is 0 Å². The minimum absolute atomic E-state index is 0.136. The SMILES string of the molecule is COc1cccc(NC(=O)CSc2nnc(-c3cccc(C)c3)n2Cc2ccco2)c1. The first-order valence-corrected chi connectivity index (χ1v) is 10.7. The van der Waals surface area contributed by atoms with Crippen molar-refractivity contribution in [1.82, 2.24) is 14.8 Å². The Morgan fingerprint density at radius 1 is 1.13 bits per heavy atom. The Bertz CT molecular complexity index is 1170. The fraction of sp³-hybridized carbons (Fsp3) is 0.174. The van der Waals surface area contributed by atoms with Crippen molar-refractivity contribution in [1.29, 1.82) is 0 Å². The Balaban J connectivity index is 1.52. The molecule has 4 rings (SSSR count). The minimum Gasteiger partial charge on any atom is -0.497 e. The first kappa shape index (κ1) is 20.7.